The van der Waals surface area contributed by atoms with Crippen LogP contribution in [0.1, 0.15) is 17.4 Å². The molecule has 3 N–H and O–H groups in total. The first-order valence-electron chi connectivity index (χ1n) is 7.57. The molecule has 0 saturated carbocycles. The molecule has 2 unspecified atom stereocenters. The highest BCUT2D eigenvalue weighted by Gasteiger charge is 2.26. The van der Waals surface area contributed by atoms with Crippen LogP contribution >= 0.6 is 11.3 Å². The molecule has 1 aliphatic rings. The Labute approximate surface area is 139 Å². The van der Waals surface area contributed by atoms with Crippen molar-refractivity contribution in [1.29, 1.82) is 0 Å². The highest BCUT2D eigenvalue weighted by Crippen LogP contribution is 2.27. The number of para-hydroxylation sites is 1. The molecular weight excluding hydrogens is 312 g/mol. The molecule has 3 rings (SSSR count). The Kier molecular flexibility index (Phi) is 4.54. The molecule has 2 atom stereocenters. The third-order valence-electron chi connectivity index (χ3n) is 3.85. The van der Waals surface area contributed by atoms with E-state index in [-0.39, 0.29) is 18.7 Å². The van der Waals surface area contributed by atoms with Crippen LogP contribution in [0.2, 0.25) is 0 Å². The van der Waals surface area contributed by atoms with Gasteiger partial charge in [-0.05, 0) is 30.0 Å². The van der Waals surface area contributed by atoms with Crippen molar-refractivity contribution in [2.24, 2.45) is 0 Å². The first-order valence-corrected chi connectivity index (χ1v) is 8.45. The van der Waals surface area contributed by atoms with Gasteiger partial charge >= 0.3 is 6.03 Å². The maximum Gasteiger partial charge on any atom is 0.315 e. The lowest BCUT2D eigenvalue weighted by Crippen LogP contribution is -2.45. The minimum Gasteiger partial charge on any atom is -0.488 e. The Bertz CT molecular complexity index is 645. The standard InChI is InChI=1S/C17H20N2O3S/c1-17(21,15-7-4-8-23-15)11-19-16(20)18-10-13-9-12-5-2-3-6-14(12)22-13/h2-8,13,21H,9-11H2,1H3,(H2,18,19,20). The first-order chi connectivity index (χ1) is 11.0. The molecular formula is C17H20N2O3S. The average Bonchev–Trinajstić information content (AvgIpc) is 3.20. The lowest BCUT2D eigenvalue weighted by molar-refractivity contribution is 0.0630. The third kappa shape index (κ3) is 3.83. The van der Waals surface area contributed by atoms with Crippen LogP contribution in [0.15, 0.2) is 41.8 Å². The van der Waals surface area contributed by atoms with E-state index in [1.807, 2.05) is 41.8 Å². The van der Waals surface area contributed by atoms with Crippen LogP contribution in [0.25, 0.3) is 0 Å². The van der Waals surface area contributed by atoms with Crippen molar-refractivity contribution < 1.29 is 14.6 Å². The minimum absolute atomic E-state index is 0.0454. The van der Waals surface area contributed by atoms with Gasteiger partial charge in [-0.3, -0.25) is 0 Å². The summed E-state index contributed by atoms with van der Waals surface area (Å²) in [5, 5.41) is 17.8. The Balaban J connectivity index is 1.43. The van der Waals surface area contributed by atoms with Crippen LogP contribution in [0.3, 0.4) is 0 Å². The number of amides is 2. The number of thiophene rings is 1. The Morgan fingerprint density at radius 3 is 2.91 bits per heavy atom. The van der Waals surface area contributed by atoms with Gasteiger partial charge in [0.05, 0.1) is 13.1 Å². The highest BCUT2D eigenvalue weighted by atomic mass is 32.1. The molecule has 23 heavy (non-hydrogen) atoms. The number of rotatable bonds is 5. The van der Waals surface area contributed by atoms with E-state index in [9.17, 15) is 9.90 Å². The zero-order valence-electron chi connectivity index (χ0n) is 12.9. The van der Waals surface area contributed by atoms with Crippen LogP contribution in [0.4, 0.5) is 4.79 Å². The normalized spacial score (nSPS) is 18.6. The van der Waals surface area contributed by atoms with Gasteiger partial charge in [-0.2, -0.15) is 0 Å². The summed E-state index contributed by atoms with van der Waals surface area (Å²) in [6.45, 7) is 2.28. The number of urea groups is 1. The molecule has 1 aliphatic heterocycles. The van der Waals surface area contributed by atoms with Crippen LogP contribution in [-0.2, 0) is 12.0 Å². The second-order valence-electron chi connectivity index (χ2n) is 5.87. The fourth-order valence-electron chi connectivity index (χ4n) is 2.56. The van der Waals surface area contributed by atoms with Crippen molar-refractivity contribution in [2.75, 3.05) is 13.1 Å². The van der Waals surface area contributed by atoms with E-state index >= 15 is 0 Å². The number of hydrogen-bond donors (Lipinski definition) is 3. The zero-order chi connectivity index (χ0) is 16.3. The summed E-state index contributed by atoms with van der Waals surface area (Å²) in [6, 6.07) is 11.3. The van der Waals surface area contributed by atoms with Crippen molar-refractivity contribution >= 4 is 17.4 Å². The summed E-state index contributed by atoms with van der Waals surface area (Å²) >= 11 is 1.47. The van der Waals surface area contributed by atoms with Gasteiger partial charge in [-0.1, -0.05) is 24.3 Å². The number of carbonyl (C=O) groups excluding carboxylic acids is 1. The van der Waals surface area contributed by atoms with Crippen LogP contribution in [0, 0.1) is 0 Å². The zero-order valence-corrected chi connectivity index (χ0v) is 13.7. The molecule has 0 bridgehead atoms. The van der Waals surface area contributed by atoms with E-state index in [1.165, 1.54) is 16.9 Å². The second kappa shape index (κ2) is 6.60. The van der Waals surface area contributed by atoms with Gasteiger partial charge in [-0.15, -0.1) is 11.3 Å². The minimum atomic E-state index is -1.06. The van der Waals surface area contributed by atoms with E-state index in [4.69, 9.17) is 4.74 Å². The molecule has 2 amide bonds. The lowest BCUT2D eigenvalue weighted by atomic mass is 10.1. The van der Waals surface area contributed by atoms with Crippen molar-refractivity contribution in [3.05, 3.63) is 52.2 Å². The molecule has 5 nitrogen and oxygen atoms in total. The van der Waals surface area contributed by atoms with Crippen molar-refractivity contribution in [3.63, 3.8) is 0 Å². The average molecular weight is 332 g/mol. The van der Waals surface area contributed by atoms with E-state index in [0.717, 1.165) is 17.0 Å². The summed E-state index contributed by atoms with van der Waals surface area (Å²) in [5.74, 6) is 0.889. The van der Waals surface area contributed by atoms with E-state index in [2.05, 4.69) is 10.6 Å². The van der Waals surface area contributed by atoms with E-state index < -0.39 is 5.60 Å². The molecule has 0 aliphatic carbocycles. The fraction of sp³-hybridized carbons (Fsp3) is 0.353. The molecule has 6 heteroatoms. The molecule has 1 aromatic carbocycles. The smallest absolute Gasteiger partial charge is 0.315 e. The number of benzene rings is 1. The molecule has 2 aromatic rings. The first kappa shape index (κ1) is 15.8. The number of fused-ring (bicyclic) bond motifs is 1. The lowest BCUT2D eigenvalue weighted by Gasteiger charge is -2.22. The summed E-state index contributed by atoms with van der Waals surface area (Å²) < 4.78 is 5.77. The number of hydrogen-bond acceptors (Lipinski definition) is 4. The molecule has 0 spiro atoms. The monoisotopic (exact) mass is 332 g/mol. The summed E-state index contributed by atoms with van der Waals surface area (Å²) in [4.78, 5) is 12.7. The van der Waals surface area contributed by atoms with Gasteiger partial charge in [0.1, 0.15) is 17.5 Å². The quantitative estimate of drug-likeness (QED) is 0.786. The number of ether oxygens (including phenoxy) is 1. The Morgan fingerprint density at radius 2 is 2.17 bits per heavy atom. The second-order valence-corrected chi connectivity index (χ2v) is 6.81. The largest absolute Gasteiger partial charge is 0.488 e. The van der Waals surface area contributed by atoms with Gasteiger partial charge in [-0.25, -0.2) is 4.79 Å². The fourth-order valence-corrected chi connectivity index (χ4v) is 3.35. The summed E-state index contributed by atoms with van der Waals surface area (Å²) in [7, 11) is 0. The van der Waals surface area contributed by atoms with Crippen molar-refractivity contribution in [2.45, 2.75) is 25.0 Å². The van der Waals surface area contributed by atoms with Gasteiger partial charge in [0.15, 0.2) is 0 Å². The third-order valence-corrected chi connectivity index (χ3v) is 4.97. The maximum absolute atomic E-state index is 11.9. The van der Waals surface area contributed by atoms with Crippen molar-refractivity contribution in [3.8, 4) is 5.75 Å². The molecule has 0 radical (unpaired) electrons. The van der Waals surface area contributed by atoms with Gasteiger partial charge in [0.2, 0.25) is 0 Å². The molecule has 2 heterocycles. The highest BCUT2D eigenvalue weighted by molar-refractivity contribution is 7.10. The van der Waals surface area contributed by atoms with Crippen LogP contribution < -0.4 is 15.4 Å². The topological polar surface area (TPSA) is 70.6 Å². The van der Waals surface area contributed by atoms with Gasteiger partial charge in [0.25, 0.3) is 0 Å². The number of carbonyl (C=O) groups is 1. The van der Waals surface area contributed by atoms with Crippen molar-refractivity contribution in [1.82, 2.24) is 10.6 Å². The Morgan fingerprint density at radius 1 is 1.35 bits per heavy atom. The number of aliphatic hydroxyl groups is 1. The predicted molar refractivity (Wildman–Crippen MR) is 89.9 cm³/mol. The summed E-state index contributed by atoms with van der Waals surface area (Å²) in [6.07, 6.45) is 0.750. The maximum atomic E-state index is 11.9. The van der Waals surface area contributed by atoms with E-state index in [1.54, 1.807) is 6.92 Å². The van der Waals surface area contributed by atoms with E-state index in [0.29, 0.717) is 6.54 Å². The molecule has 122 valence electrons. The SMILES string of the molecule is CC(O)(CNC(=O)NCC1Cc2ccccc2O1)c1cccs1. The van der Waals surface area contributed by atoms with Gasteiger partial charge < -0.3 is 20.5 Å². The molecule has 1 aromatic heterocycles. The van der Waals surface area contributed by atoms with Crippen LogP contribution in [-0.4, -0.2) is 30.3 Å². The predicted octanol–water partition coefficient (Wildman–Crippen LogP) is 2.26. The Hall–Kier alpha value is -2.05. The number of nitrogens with one attached hydrogen (secondary N) is 2. The summed E-state index contributed by atoms with van der Waals surface area (Å²) in [5.41, 5.74) is 0.103. The van der Waals surface area contributed by atoms with Crippen LogP contribution in [0.5, 0.6) is 5.75 Å². The molecule has 0 saturated heterocycles. The molecule has 0 fully saturated rings. The van der Waals surface area contributed by atoms with Gasteiger partial charge in [0, 0.05) is 11.3 Å².